The maximum absolute atomic E-state index is 14.0. The second-order valence-electron chi connectivity index (χ2n) is 5.00. The van der Waals surface area contributed by atoms with E-state index in [1.165, 1.54) is 0 Å². The molecular weight excluding hydrogens is 342 g/mol. The molecule has 23 heavy (non-hydrogen) atoms. The van der Waals surface area contributed by atoms with Crippen LogP contribution in [0.4, 0.5) is 17.6 Å². The van der Waals surface area contributed by atoms with Crippen molar-refractivity contribution in [3.8, 4) is 0 Å². The first kappa shape index (κ1) is 17.7. The topological polar surface area (TPSA) is 72.5 Å². The summed E-state index contributed by atoms with van der Waals surface area (Å²) < 4.78 is 84.3. The number of sulfonamides is 1. The minimum absolute atomic E-state index is 0.0266. The lowest BCUT2D eigenvalue weighted by Crippen LogP contribution is -2.49. The Labute approximate surface area is 129 Å². The maximum atomic E-state index is 14.0. The van der Waals surface area contributed by atoms with Crippen molar-refractivity contribution in [1.82, 2.24) is 4.72 Å². The van der Waals surface area contributed by atoms with E-state index in [0.717, 1.165) is 10.8 Å². The van der Waals surface area contributed by atoms with Gasteiger partial charge in [0.05, 0.1) is 0 Å². The van der Waals surface area contributed by atoms with Crippen LogP contribution < -0.4 is 4.72 Å². The molecule has 1 N–H and O–H groups in total. The van der Waals surface area contributed by atoms with Crippen molar-refractivity contribution in [2.75, 3.05) is 13.2 Å². The number of benzene rings is 1. The zero-order valence-corrected chi connectivity index (χ0v) is 12.5. The molecule has 0 saturated carbocycles. The largest absolute Gasteiger partial charge is 0.381 e. The molecule has 1 aromatic rings. The summed E-state index contributed by atoms with van der Waals surface area (Å²) in [5.41, 5.74) is 0. The molecule has 10 heteroatoms. The van der Waals surface area contributed by atoms with Gasteiger partial charge in [-0.05, 0) is 25.0 Å². The predicted molar refractivity (Wildman–Crippen MR) is 70.2 cm³/mol. The van der Waals surface area contributed by atoms with E-state index in [-0.39, 0.29) is 26.1 Å². The van der Waals surface area contributed by atoms with Gasteiger partial charge in [0.2, 0.25) is 0 Å². The van der Waals surface area contributed by atoms with Gasteiger partial charge in [0.1, 0.15) is 4.90 Å². The summed E-state index contributed by atoms with van der Waals surface area (Å²) in [6.07, 6.45) is -0.233. The Morgan fingerprint density at radius 1 is 1.22 bits per heavy atom. The van der Waals surface area contributed by atoms with Crippen LogP contribution in [0.25, 0.3) is 0 Å². The molecule has 1 fully saturated rings. The quantitative estimate of drug-likeness (QED) is 0.837. The summed E-state index contributed by atoms with van der Waals surface area (Å²) in [4.78, 5) is 10.4. The van der Waals surface area contributed by atoms with E-state index < -0.39 is 44.3 Å². The van der Waals surface area contributed by atoms with Crippen molar-refractivity contribution in [2.45, 2.75) is 23.7 Å². The van der Waals surface area contributed by atoms with Crippen LogP contribution in [-0.4, -0.2) is 33.5 Å². The van der Waals surface area contributed by atoms with Crippen LogP contribution in [0.1, 0.15) is 12.8 Å². The van der Waals surface area contributed by atoms with Crippen molar-refractivity contribution in [3.05, 3.63) is 29.8 Å². The fourth-order valence-electron chi connectivity index (χ4n) is 2.18. The molecule has 1 aromatic carbocycles. The smallest absolute Gasteiger partial charge is 0.328 e. The zero-order valence-electron chi connectivity index (χ0n) is 11.7. The monoisotopic (exact) mass is 355 g/mol. The summed E-state index contributed by atoms with van der Waals surface area (Å²) >= 11 is 0. The van der Waals surface area contributed by atoms with Crippen molar-refractivity contribution in [3.63, 3.8) is 0 Å². The average molecular weight is 355 g/mol. The first-order valence-corrected chi connectivity index (χ1v) is 8.11. The molecule has 2 rings (SSSR count). The zero-order chi connectivity index (χ0) is 17.3. The number of rotatable bonds is 4. The van der Waals surface area contributed by atoms with Gasteiger partial charge < -0.3 is 4.74 Å². The van der Waals surface area contributed by atoms with Crippen LogP contribution in [0.15, 0.2) is 23.1 Å². The maximum Gasteiger partial charge on any atom is 0.328 e. The molecule has 0 aromatic heterocycles. The van der Waals surface area contributed by atoms with E-state index in [9.17, 15) is 30.8 Å². The number of carbonyl (C=O) groups excluding carboxylic acids is 1. The minimum Gasteiger partial charge on any atom is -0.381 e. The predicted octanol–water partition coefficient (Wildman–Crippen LogP) is 1.83. The minimum atomic E-state index is -4.96. The Kier molecular flexibility index (Phi) is 4.95. The van der Waals surface area contributed by atoms with Crippen molar-refractivity contribution in [2.24, 2.45) is 5.92 Å². The highest BCUT2D eigenvalue weighted by molar-refractivity contribution is 7.90. The van der Waals surface area contributed by atoms with E-state index in [0.29, 0.717) is 12.1 Å². The molecule has 0 radical (unpaired) electrons. The van der Waals surface area contributed by atoms with Gasteiger partial charge in [-0.15, -0.1) is 0 Å². The van der Waals surface area contributed by atoms with Gasteiger partial charge in [0.25, 0.3) is 10.0 Å². The number of halogens is 4. The van der Waals surface area contributed by atoms with Gasteiger partial charge in [0.15, 0.2) is 11.6 Å². The molecule has 1 aliphatic heterocycles. The molecule has 1 amide bonds. The van der Waals surface area contributed by atoms with E-state index in [1.54, 1.807) is 0 Å². The van der Waals surface area contributed by atoms with Gasteiger partial charge in [-0.2, -0.15) is 8.78 Å². The van der Waals surface area contributed by atoms with Gasteiger partial charge in [0, 0.05) is 19.1 Å². The average Bonchev–Trinajstić information content (AvgIpc) is 2.50. The van der Waals surface area contributed by atoms with Crippen molar-refractivity contribution in [1.29, 1.82) is 0 Å². The third-order valence-corrected chi connectivity index (χ3v) is 4.82. The summed E-state index contributed by atoms with van der Waals surface area (Å²) in [5.74, 6) is -10.7. The van der Waals surface area contributed by atoms with Gasteiger partial charge >= 0.3 is 11.8 Å². The fraction of sp³-hybridized carbons (Fsp3) is 0.462. The SMILES string of the molecule is O=C(NS(=O)(=O)c1cccc(F)c1F)C(F)(F)C1CCOCC1. The van der Waals surface area contributed by atoms with Crippen LogP contribution in [0.5, 0.6) is 0 Å². The lowest BCUT2D eigenvalue weighted by atomic mass is 9.92. The van der Waals surface area contributed by atoms with Crippen LogP contribution in [0, 0.1) is 17.6 Å². The van der Waals surface area contributed by atoms with Crippen LogP contribution >= 0.6 is 0 Å². The molecule has 128 valence electrons. The molecule has 0 bridgehead atoms. The Bertz CT molecular complexity index is 702. The van der Waals surface area contributed by atoms with Crippen molar-refractivity contribution >= 4 is 15.9 Å². The Balaban J connectivity index is 2.22. The second-order valence-corrected chi connectivity index (χ2v) is 6.65. The molecule has 5 nitrogen and oxygen atoms in total. The molecule has 0 unspecified atom stereocenters. The highest BCUT2D eigenvalue weighted by Gasteiger charge is 2.49. The first-order chi connectivity index (χ1) is 10.7. The van der Waals surface area contributed by atoms with E-state index in [4.69, 9.17) is 4.74 Å². The summed E-state index contributed by atoms with van der Waals surface area (Å²) in [6.45, 7) is 0.0532. The number of hydrogen-bond acceptors (Lipinski definition) is 4. The molecule has 1 heterocycles. The van der Waals surface area contributed by atoms with Crippen molar-refractivity contribution < 1.29 is 35.5 Å². The lowest BCUT2D eigenvalue weighted by Gasteiger charge is -2.28. The van der Waals surface area contributed by atoms with Crippen LogP contribution in [0.3, 0.4) is 0 Å². The lowest BCUT2D eigenvalue weighted by molar-refractivity contribution is -0.157. The Morgan fingerprint density at radius 2 is 1.83 bits per heavy atom. The third kappa shape index (κ3) is 3.63. The van der Waals surface area contributed by atoms with Crippen LogP contribution in [-0.2, 0) is 19.6 Å². The van der Waals surface area contributed by atoms with Gasteiger partial charge in [-0.1, -0.05) is 6.07 Å². The fourth-order valence-corrected chi connectivity index (χ4v) is 3.26. The molecule has 1 aliphatic rings. The number of alkyl halides is 2. The van der Waals surface area contributed by atoms with Gasteiger partial charge in [-0.3, -0.25) is 4.79 Å². The Hall–Kier alpha value is -1.68. The number of hydrogen-bond donors (Lipinski definition) is 1. The highest BCUT2D eigenvalue weighted by atomic mass is 32.2. The van der Waals surface area contributed by atoms with E-state index >= 15 is 0 Å². The molecule has 0 aliphatic carbocycles. The summed E-state index contributed by atoms with van der Waals surface area (Å²) in [6, 6.07) is 2.21. The third-order valence-electron chi connectivity index (χ3n) is 3.47. The molecule has 0 atom stereocenters. The second kappa shape index (κ2) is 6.44. The highest BCUT2D eigenvalue weighted by Crippen LogP contribution is 2.33. The van der Waals surface area contributed by atoms with E-state index in [2.05, 4.69) is 0 Å². The standard InChI is InChI=1S/C13H13F4NO4S/c14-9-2-1-3-10(11(9)15)23(20,21)18-12(19)13(16,17)8-4-6-22-7-5-8/h1-3,8H,4-7H2,(H,18,19). The van der Waals surface area contributed by atoms with Gasteiger partial charge in [-0.25, -0.2) is 21.9 Å². The number of amides is 1. The number of ether oxygens (including phenoxy) is 1. The first-order valence-electron chi connectivity index (χ1n) is 6.63. The van der Waals surface area contributed by atoms with Crippen LogP contribution in [0.2, 0.25) is 0 Å². The molecule has 1 saturated heterocycles. The summed E-state index contributed by atoms with van der Waals surface area (Å²) in [5, 5.41) is 0. The normalized spacial score (nSPS) is 17.0. The number of nitrogens with one attached hydrogen (secondary N) is 1. The molecule has 0 spiro atoms. The molecular formula is C13H13F4NO4S. The number of carbonyl (C=O) groups is 1. The summed E-state index contributed by atoms with van der Waals surface area (Å²) in [7, 11) is -4.96. The Morgan fingerprint density at radius 3 is 2.43 bits per heavy atom. The van der Waals surface area contributed by atoms with E-state index in [1.807, 2.05) is 0 Å².